The third-order valence-corrected chi connectivity index (χ3v) is 0.957. The van der Waals surface area contributed by atoms with Crippen LogP contribution in [0, 0.1) is 0 Å². The van der Waals surface area contributed by atoms with Crippen molar-refractivity contribution in [1.29, 1.82) is 0 Å². The first kappa shape index (κ1) is 5.10. The summed E-state index contributed by atoms with van der Waals surface area (Å²) in [7, 11) is 0. The summed E-state index contributed by atoms with van der Waals surface area (Å²) in [5.74, 6) is 0.742. The van der Waals surface area contributed by atoms with Crippen molar-refractivity contribution in [2.24, 2.45) is 0 Å². The zero-order valence-corrected chi connectivity index (χ0v) is 4.81. The Bertz CT molecular complexity index is 255. The Balaban J connectivity index is 2.48. The number of H-pyrrole nitrogens is 1. The van der Waals surface area contributed by atoms with E-state index in [1.807, 2.05) is 0 Å². The smallest absolute Gasteiger partial charge is 0.342 e. The molecule has 0 amide bonds. The van der Waals surface area contributed by atoms with Crippen LogP contribution in [0.15, 0.2) is 21.8 Å². The molecular formula is C4H3N4O2+. The van der Waals surface area contributed by atoms with Crippen molar-refractivity contribution < 1.29 is 14.0 Å². The molecule has 0 radical (unpaired) electrons. The normalized spacial score (nSPS) is 10.0. The van der Waals surface area contributed by atoms with Crippen molar-refractivity contribution >= 4 is 0 Å². The quantitative estimate of drug-likeness (QED) is 0.534. The second-order valence-corrected chi connectivity index (χ2v) is 1.55. The molecular weight excluding hydrogens is 136 g/mol. The average molecular weight is 139 g/mol. The Labute approximate surface area is 54.9 Å². The highest BCUT2D eigenvalue weighted by molar-refractivity contribution is 5.31. The van der Waals surface area contributed by atoms with Gasteiger partial charge in [0.2, 0.25) is 6.39 Å². The molecule has 6 heteroatoms. The van der Waals surface area contributed by atoms with Gasteiger partial charge in [-0.05, 0) is 5.16 Å². The predicted molar refractivity (Wildman–Crippen MR) is 26.4 cm³/mol. The van der Waals surface area contributed by atoms with Crippen molar-refractivity contribution in [2.45, 2.75) is 0 Å². The third kappa shape index (κ3) is 0.661. The lowest BCUT2D eigenvalue weighted by Crippen LogP contribution is -1.99. The maximum atomic E-state index is 4.69. The monoisotopic (exact) mass is 139 g/mol. The summed E-state index contributed by atoms with van der Waals surface area (Å²) < 4.78 is 9.16. The molecule has 0 spiro atoms. The van der Waals surface area contributed by atoms with E-state index in [9.17, 15) is 0 Å². The van der Waals surface area contributed by atoms with E-state index in [4.69, 9.17) is 0 Å². The fourth-order valence-corrected chi connectivity index (χ4v) is 0.566. The van der Waals surface area contributed by atoms with Gasteiger partial charge in [0, 0.05) is 0 Å². The van der Waals surface area contributed by atoms with E-state index in [1.54, 1.807) is 0 Å². The molecule has 0 saturated carbocycles. The topological polar surface area (TPSA) is 79.1 Å². The van der Waals surface area contributed by atoms with Crippen LogP contribution in [0.5, 0.6) is 0 Å². The molecule has 2 aromatic heterocycles. The summed E-state index contributed by atoms with van der Waals surface area (Å²) in [5, 5.41) is 6.93. The fraction of sp³-hybridized carbons (Fsp3) is 0. The molecule has 1 N–H and O–H groups in total. The van der Waals surface area contributed by atoms with Crippen LogP contribution >= 0.6 is 0 Å². The van der Waals surface area contributed by atoms with Crippen molar-refractivity contribution in [1.82, 2.24) is 15.3 Å². The minimum Gasteiger partial charge on any atom is -0.342 e. The van der Waals surface area contributed by atoms with Gasteiger partial charge in [-0.1, -0.05) is 0 Å². The number of aromatic amines is 1. The zero-order valence-electron chi connectivity index (χ0n) is 4.81. The van der Waals surface area contributed by atoms with E-state index in [0.717, 1.165) is 0 Å². The lowest BCUT2D eigenvalue weighted by atomic mass is 10.6. The Morgan fingerprint density at radius 1 is 1.50 bits per heavy atom. The first-order valence-electron chi connectivity index (χ1n) is 2.56. The minimum atomic E-state index is 0.359. The van der Waals surface area contributed by atoms with Crippen LogP contribution in [0.2, 0.25) is 0 Å². The van der Waals surface area contributed by atoms with Gasteiger partial charge in [0.05, 0.1) is 0 Å². The third-order valence-electron chi connectivity index (χ3n) is 0.957. The number of nitrogens with zero attached hydrogens (tertiary/aromatic N) is 3. The Hall–Kier alpha value is -1.72. The molecule has 0 fully saturated rings. The molecule has 0 aliphatic carbocycles. The highest BCUT2D eigenvalue weighted by atomic mass is 16.5. The second kappa shape index (κ2) is 1.90. The fourth-order valence-electron chi connectivity index (χ4n) is 0.566. The molecule has 0 bridgehead atoms. The summed E-state index contributed by atoms with van der Waals surface area (Å²) in [6, 6.07) is 0. The number of nitrogens with one attached hydrogen (secondary N) is 1. The van der Waals surface area contributed by atoms with Crippen LogP contribution in [-0.2, 0) is 0 Å². The van der Waals surface area contributed by atoms with Gasteiger partial charge in [-0.15, -0.1) is 0 Å². The minimum absolute atomic E-state index is 0.359. The first-order valence-corrected chi connectivity index (χ1v) is 2.56. The summed E-state index contributed by atoms with van der Waals surface area (Å²) in [5.41, 5.74) is 0. The predicted octanol–water partition coefficient (Wildman–Crippen LogP) is -0.461. The van der Waals surface area contributed by atoms with Crippen molar-refractivity contribution in [2.75, 3.05) is 0 Å². The Morgan fingerprint density at radius 3 is 3.10 bits per heavy atom. The first-order chi connectivity index (χ1) is 4.97. The van der Waals surface area contributed by atoms with Crippen LogP contribution in [-0.4, -0.2) is 15.3 Å². The zero-order chi connectivity index (χ0) is 6.81. The molecule has 0 unspecified atom stereocenters. The highest BCUT2D eigenvalue weighted by Crippen LogP contribution is 2.03. The standard InChI is InChI=1S/C4H2N4O2/c1-5-4(10-7-1)3-6-2-9-8-3/h1-2H/p+1. The van der Waals surface area contributed by atoms with E-state index in [-0.39, 0.29) is 0 Å². The summed E-state index contributed by atoms with van der Waals surface area (Å²) in [4.78, 5) is 6.39. The molecule has 0 aliphatic heterocycles. The van der Waals surface area contributed by atoms with Gasteiger partial charge in [-0.3, -0.25) is 0 Å². The largest absolute Gasteiger partial charge is 0.387 e. The lowest BCUT2D eigenvalue weighted by molar-refractivity contribution is -0.370. The highest BCUT2D eigenvalue weighted by Gasteiger charge is 2.12. The molecule has 6 nitrogen and oxygen atoms in total. The lowest BCUT2D eigenvalue weighted by Gasteiger charge is -1.70. The van der Waals surface area contributed by atoms with Gasteiger partial charge in [-0.2, -0.15) is 4.98 Å². The van der Waals surface area contributed by atoms with Gasteiger partial charge >= 0.3 is 12.2 Å². The maximum absolute atomic E-state index is 4.69. The molecule has 0 aliphatic rings. The molecule has 0 aromatic carbocycles. The van der Waals surface area contributed by atoms with Gasteiger partial charge in [0.25, 0.3) is 5.82 Å². The van der Waals surface area contributed by atoms with Gasteiger partial charge in [0.1, 0.15) is 0 Å². The van der Waals surface area contributed by atoms with Crippen LogP contribution in [0.3, 0.4) is 0 Å². The number of hydrogen-bond donors (Lipinski definition) is 0. The second-order valence-electron chi connectivity index (χ2n) is 1.55. The molecule has 2 aromatic rings. The van der Waals surface area contributed by atoms with Crippen LogP contribution < -0.4 is 4.98 Å². The molecule has 0 saturated heterocycles. The van der Waals surface area contributed by atoms with E-state index in [2.05, 4.69) is 29.3 Å². The van der Waals surface area contributed by atoms with E-state index in [0.29, 0.717) is 11.7 Å². The molecule has 0 atom stereocenters. The number of aromatic nitrogens is 4. The van der Waals surface area contributed by atoms with E-state index in [1.165, 1.54) is 12.7 Å². The Morgan fingerprint density at radius 2 is 2.50 bits per heavy atom. The van der Waals surface area contributed by atoms with Crippen LogP contribution in [0.25, 0.3) is 11.7 Å². The summed E-state index contributed by atoms with van der Waals surface area (Å²) in [6.07, 6.45) is 2.61. The van der Waals surface area contributed by atoms with Crippen molar-refractivity contribution in [3.05, 3.63) is 12.7 Å². The molecule has 50 valence electrons. The summed E-state index contributed by atoms with van der Waals surface area (Å²) >= 11 is 0. The molecule has 2 rings (SSSR count). The van der Waals surface area contributed by atoms with E-state index < -0.39 is 0 Å². The molecule has 2 heterocycles. The van der Waals surface area contributed by atoms with E-state index >= 15 is 0 Å². The number of hydrogen-bond acceptors (Lipinski definition) is 5. The Kier molecular flexibility index (Phi) is 0.970. The van der Waals surface area contributed by atoms with Gasteiger partial charge in [0.15, 0.2) is 5.16 Å². The van der Waals surface area contributed by atoms with Crippen molar-refractivity contribution in [3.63, 3.8) is 0 Å². The molecule has 10 heavy (non-hydrogen) atoms. The van der Waals surface area contributed by atoms with Crippen LogP contribution in [0.4, 0.5) is 0 Å². The average Bonchev–Trinajstić information content (AvgIpc) is 2.59. The van der Waals surface area contributed by atoms with Crippen molar-refractivity contribution in [3.8, 4) is 11.7 Å². The SMILES string of the molecule is c1noc(-c2ncon2)[nH+]1. The van der Waals surface area contributed by atoms with Gasteiger partial charge in [-0.25, -0.2) is 9.51 Å². The summed E-state index contributed by atoms with van der Waals surface area (Å²) in [6.45, 7) is 0. The number of rotatable bonds is 1. The van der Waals surface area contributed by atoms with Crippen LogP contribution in [0.1, 0.15) is 0 Å². The maximum Gasteiger partial charge on any atom is 0.387 e. The van der Waals surface area contributed by atoms with Gasteiger partial charge < -0.3 is 4.52 Å².